The maximum Gasteiger partial charge on any atom is 0.256 e. The number of hydrogen-bond acceptors (Lipinski definition) is 7. The standard InChI is InChI=1S/C23H27N5O2S2/c1-5-12-32-23-26-22-24-15(4)18(19(28(22)27-23)20-14(3)11-13-31-20)21(29)25-16-9-7-8-10-17(16)30-6-2/h7-11,13,19H,5-6,12H2,1-4H3,(H,25,29)(H,24,26,27). The molecule has 2 aromatic heterocycles. The van der Waals surface area contributed by atoms with Crippen LogP contribution in [0.15, 0.2) is 52.1 Å². The van der Waals surface area contributed by atoms with E-state index in [9.17, 15) is 4.79 Å². The van der Waals surface area contributed by atoms with Crippen LogP contribution in [0.3, 0.4) is 0 Å². The van der Waals surface area contributed by atoms with Gasteiger partial charge in [0.2, 0.25) is 11.1 Å². The second-order valence-electron chi connectivity index (χ2n) is 7.43. The molecule has 1 atom stereocenters. The van der Waals surface area contributed by atoms with Gasteiger partial charge in [0.1, 0.15) is 11.8 Å². The summed E-state index contributed by atoms with van der Waals surface area (Å²) in [4.78, 5) is 19.4. The Bertz CT molecular complexity index is 1150. The Balaban J connectivity index is 1.74. The molecule has 32 heavy (non-hydrogen) atoms. The van der Waals surface area contributed by atoms with Crippen molar-refractivity contribution in [1.82, 2.24) is 14.8 Å². The van der Waals surface area contributed by atoms with E-state index in [1.54, 1.807) is 23.1 Å². The highest BCUT2D eigenvalue weighted by Crippen LogP contribution is 2.40. The number of aryl methyl sites for hydroxylation is 1. The monoisotopic (exact) mass is 469 g/mol. The number of para-hydroxylation sites is 2. The van der Waals surface area contributed by atoms with Crippen LogP contribution in [0.5, 0.6) is 5.75 Å². The third-order valence-corrected chi connectivity index (χ3v) is 7.21. The quantitative estimate of drug-likeness (QED) is 0.426. The first-order valence-electron chi connectivity index (χ1n) is 10.7. The highest BCUT2D eigenvalue weighted by molar-refractivity contribution is 7.99. The smallest absolute Gasteiger partial charge is 0.256 e. The minimum atomic E-state index is -0.353. The number of nitrogens with one attached hydrogen (secondary N) is 2. The number of ether oxygens (including phenoxy) is 1. The lowest BCUT2D eigenvalue weighted by molar-refractivity contribution is -0.113. The topological polar surface area (TPSA) is 81.1 Å². The van der Waals surface area contributed by atoms with E-state index in [1.165, 1.54) is 0 Å². The molecule has 7 nitrogen and oxygen atoms in total. The molecule has 0 saturated heterocycles. The molecule has 0 spiro atoms. The SMILES string of the molecule is CCCSc1nc2n(n1)C(c1sccc1C)C(C(=O)Nc1ccccc1OCC)=C(C)N2. The Hall–Kier alpha value is -2.78. The van der Waals surface area contributed by atoms with Crippen LogP contribution in [0.25, 0.3) is 0 Å². The largest absolute Gasteiger partial charge is 0.492 e. The number of fused-ring (bicyclic) bond motifs is 1. The van der Waals surface area contributed by atoms with Crippen LogP contribution in [0.4, 0.5) is 11.6 Å². The van der Waals surface area contributed by atoms with Gasteiger partial charge in [0.25, 0.3) is 5.91 Å². The molecule has 1 aliphatic heterocycles. The van der Waals surface area contributed by atoms with Crippen LogP contribution >= 0.6 is 23.1 Å². The van der Waals surface area contributed by atoms with Crippen LogP contribution in [0.2, 0.25) is 0 Å². The van der Waals surface area contributed by atoms with Crippen molar-refractivity contribution in [2.75, 3.05) is 23.0 Å². The Kier molecular flexibility index (Phi) is 6.86. The van der Waals surface area contributed by atoms with Gasteiger partial charge in [-0.25, -0.2) is 4.68 Å². The molecular formula is C23H27N5O2S2. The van der Waals surface area contributed by atoms with Crippen LogP contribution < -0.4 is 15.4 Å². The third kappa shape index (κ3) is 4.40. The van der Waals surface area contributed by atoms with E-state index in [0.29, 0.717) is 34.7 Å². The first kappa shape index (κ1) is 22.4. The van der Waals surface area contributed by atoms with Crippen LogP contribution in [0, 0.1) is 6.92 Å². The zero-order chi connectivity index (χ0) is 22.7. The number of anilines is 2. The molecule has 1 aromatic carbocycles. The average Bonchev–Trinajstić information content (AvgIpc) is 3.38. The van der Waals surface area contributed by atoms with Gasteiger partial charge in [0.15, 0.2) is 0 Å². The molecule has 4 rings (SSSR count). The first-order chi connectivity index (χ1) is 15.5. The summed E-state index contributed by atoms with van der Waals surface area (Å²) in [7, 11) is 0. The Morgan fingerprint density at radius 1 is 1.28 bits per heavy atom. The molecule has 3 heterocycles. The summed E-state index contributed by atoms with van der Waals surface area (Å²) < 4.78 is 7.53. The van der Waals surface area contributed by atoms with E-state index in [4.69, 9.17) is 9.84 Å². The minimum absolute atomic E-state index is 0.191. The lowest BCUT2D eigenvalue weighted by Gasteiger charge is -2.28. The van der Waals surface area contributed by atoms with Crippen molar-refractivity contribution in [3.05, 3.63) is 57.4 Å². The summed E-state index contributed by atoms with van der Waals surface area (Å²) in [6.07, 6.45) is 1.04. The number of benzene rings is 1. The van der Waals surface area contributed by atoms with Crippen molar-refractivity contribution in [2.24, 2.45) is 0 Å². The predicted octanol–water partition coefficient (Wildman–Crippen LogP) is 5.48. The molecule has 3 aromatic rings. The molecular weight excluding hydrogens is 442 g/mol. The molecule has 0 fully saturated rings. The number of aromatic nitrogens is 3. The van der Waals surface area contributed by atoms with Crippen molar-refractivity contribution < 1.29 is 9.53 Å². The van der Waals surface area contributed by atoms with Gasteiger partial charge in [-0.15, -0.1) is 16.4 Å². The van der Waals surface area contributed by atoms with E-state index in [-0.39, 0.29) is 11.9 Å². The molecule has 168 valence electrons. The van der Waals surface area contributed by atoms with Crippen LogP contribution in [-0.4, -0.2) is 33.0 Å². The summed E-state index contributed by atoms with van der Waals surface area (Å²) >= 11 is 3.25. The van der Waals surface area contributed by atoms with Crippen molar-refractivity contribution in [1.29, 1.82) is 0 Å². The van der Waals surface area contributed by atoms with Gasteiger partial charge in [0, 0.05) is 16.3 Å². The number of amides is 1. The van der Waals surface area contributed by atoms with Crippen LogP contribution in [0.1, 0.15) is 43.7 Å². The lowest BCUT2D eigenvalue weighted by Crippen LogP contribution is -2.31. The molecule has 0 saturated carbocycles. The van der Waals surface area contributed by atoms with Gasteiger partial charge in [0.05, 0.1) is 17.9 Å². The molecule has 1 aliphatic rings. The first-order valence-corrected chi connectivity index (χ1v) is 12.5. The fourth-order valence-electron chi connectivity index (χ4n) is 3.63. The summed E-state index contributed by atoms with van der Waals surface area (Å²) in [5.41, 5.74) is 3.15. The van der Waals surface area contributed by atoms with Gasteiger partial charge in [-0.1, -0.05) is 30.8 Å². The number of rotatable bonds is 8. The van der Waals surface area contributed by atoms with Crippen molar-refractivity contribution in [3.63, 3.8) is 0 Å². The summed E-state index contributed by atoms with van der Waals surface area (Å²) in [6, 6.07) is 9.19. The number of hydrogen-bond donors (Lipinski definition) is 2. The number of thioether (sulfide) groups is 1. The predicted molar refractivity (Wildman–Crippen MR) is 131 cm³/mol. The highest BCUT2D eigenvalue weighted by Gasteiger charge is 2.36. The third-order valence-electron chi connectivity index (χ3n) is 5.10. The molecule has 9 heteroatoms. The van der Waals surface area contributed by atoms with Gasteiger partial charge in [-0.3, -0.25) is 4.79 Å². The van der Waals surface area contributed by atoms with Gasteiger partial charge >= 0.3 is 0 Å². The summed E-state index contributed by atoms with van der Waals surface area (Å²) in [5.74, 6) is 2.06. The Morgan fingerprint density at radius 3 is 2.81 bits per heavy atom. The summed E-state index contributed by atoms with van der Waals surface area (Å²) in [5, 5.41) is 13.9. The average molecular weight is 470 g/mol. The molecule has 2 N–H and O–H groups in total. The Morgan fingerprint density at radius 2 is 2.09 bits per heavy atom. The van der Waals surface area contributed by atoms with E-state index < -0.39 is 0 Å². The Labute approximate surface area is 196 Å². The fraction of sp³-hybridized carbons (Fsp3) is 0.348. The van der Waals surface area contributed by atoms with Gasteiger partial charge in [-0.05, 0) is 56.3 Å². The minimum Gasteiger partial charge on any atom is -0.492 e. The number of thiophene rings is 1. The van der Waals surface area contributed by atoms with Crippen molar-refractivity contribution >= 4 is 40.6 Å². The molecule has 1 unspecified atom stereocenters. The molecule has 0 radical (unpaired) electrons. The van der Waals surface area contributed by atoms with Gasteiger partial charge < -0.3 is 15.4 Å². The van der Waals surface area contributed by atoms with E-state index in [0.717, 1.165) is 28.3 Å². The van der Waals surface area contributed by atoms with Crippen molar-refractivity contribution in [2.45, 2.75) is 45.3 Å². The summed E-state index contributed by atoms with van der Waals surface area (Å²) in [6.45, 7) is 8.55. The van der Waals surface area contributed by atoms with E-state index in [1.807, 2.05) is 48.2 Å². The lowest BCUT2D eigenvalue weighted by atomic mass is 9.98. The second-order valence-corrected chi connectivity index (χ2v) is 9.44. The normalized spacial score (nSPS) is 15.3. The van der Waals surface area contributed by atoms with Crippen molar-refractivity contribution in [3.8, 4) is 5.75 Å². The maximum atomic E-state index is 13.6. The zero-order valence-corrected chi connectivity index (χ0v) is 20.3. The number of carbonyl (C=O) groups excluding carboxylic acids is 1. The highest BCUT2D eigenvalue weighted by atomic mass is 32.2. The molecule has 0 aliphatic carbocycles. The van der Waals surface area contributed by atoms with Crippen LogP contribution in [-0.2, 0) is 4.79 Å². The molecule has 1 amide bonds. The zero-order valence-electron chi connectivity index (χ0n) is 18.6. The number of allylic oxidation sites excluding steroid dienone is 1. The number of nitrogens with zero attached hydrogens (tertiary/aromatic N) is 3. The molecule has 0 bridgehead atoms. The number of carbonyl (C=O) groups is 1. The second kappa shape index (κ2) is 9.79. The fourth-order valence-corrected chi connectivity index (χ4v) is 5.33. The van der Waals surface area contributed by atoms with E-state index >= 15 is 0 Å². The van der Waals surface area contributed by atoms with E-state index in [2.05, 4.69) is 35.5 Å². The maximum absolute atomic E-state index is 13.6. The van der Waals surface area contributed by atoms with Gasteiger partial charge in [-0.2, -0.15) is 4.98 Å².